The van der Waals surface area contributed by atoms with Crippen LogP contribution in [0.3, 0.4) is 0 Å². The maximum absolute atomic E-state index is 14.3. The zero-order valence-corrected chi connectivity index (χ0v) is 19.6. The number of ketones is 1. The molecular formula is C27H24N4O5. The Morgan fingerprint density at radius 3 is 2.83 bits per heavy atom. The number of ether oxygens (including phenoxy) is 1. The van der Waals surface area contributed by atoms with Gasteiger partial charge in [0.25, 0.3) is 5.69 Å². The molecule has 0 radical (unpaired) electrons. The van der Waals surface area contributed by atoms with E-state index in [-0.39, 0.29) is 23.4 Å². The number of non-ortho nitro benzene ring substituents is 1. The minimum atomic E-state index is -1.27. The smallest absolute Gasteiger partial charge is 0.269 e. The molecule has 6 rings (SSSR count). The van der Waals surface area contributed by atoms with Crippen molar-refractivity contribution in [3.8, 4) is 5.75 Å². The van der Waals surface area contributed by atoms with Crippen LogP contribution in [0, 0.1) is 16.0 Å². The average molecular weight is 485 g/mol. The van der Waals surface area contributed by atoms with E-state index < -0.39 is 22.3 Å². The third-order valence-electron chi connectivity index (χ3n) is 7.90. The molecule has 4 atom stereocenters. The van der Waals surface area contributed by atoms with E-state index in [0.29, 0.717) is 34.7 Å². The van der Waals surface area contributed by atoms with Gasteiger partial charge in [0.1, 0.15) is 11.3 Å². The highest BCUT2D eigenvalue weighted by Gasteiger charge is 2.69. The van der Waals surface area contributed by atoms with E-state index in [2.05, 4.69) is 15.2 Å². The molecule has 0 aliphatic carbocycles. The summed E-state index contributed by atoms with van der Waals surface area (Å²) in [6.45, 7) is 0.636. The van der Waals surface area contributed by atoms with Crippen molar-refractivity contribution >= 4 is 23.1 Å². The van der Waals surface area contributed by atoms with Crippen LogP contribution in [0.15, 0.2) is 67.0 Å². The molecule has 3 aromatic rings. The lowest BCUT2D eigenvalue weighted by atomic mass is 9.69. The van der Waals surface area contributed by atoms with Gasteiger partial charge in [-0.1, -0.05) is 12.1 Å². The number of nitro benzene ring substituents is 1. The summed E-state index contributed by atoms with van der Waals surface area (Å²) in [4.78, 5) is 45.8. The van der Waals surface area contributed by atoms with Gasteiger partial charge in [0.15, 0.2) is 5.78 Å². The fourth-order valence-electron chi connectivity index (χ4n) is 6.57. The van der Waals surface area contributed by atoms with Crippen LogP contribution in [0.1, 0.15) is 40.2 Å². The van der Waals surface area contributed by atoms with Crippen molar-refractivity contribution in [2.24, 2.45) is 5.92 Å². The van der Waals surface area contributed by atoms with Gasteiger partial charge in [0.2, 0.25) is 5.91 Å². The van der Waals surface area contributed by atoms with E-state index in [0.717, 1.165) is 12.8 Å². The normalized spacial score (nSPS) is 26.5. The van der Waals surface area contributed by atoms with Crippen molar-refractivity contribution in [1.29, 1.82) is 0 Å². The molecule has 1 amide bonds. The molecule has 0 bridgehead atoms. The van der Waals surface area contributed by atoms with Gasteiger partial charge in [-0.05, 0) is 55.3 Å². The highest BCUT2D eigenvalue weighted by Crippen LogP contribution is 2.61. The van der Waals surface area contributed by atoms with Gasteiger partial charge in [-0.25, -0.2) is 0 Å². The Kier molecular flexibility index (Phi) is 5.11. The van der Waals surface area contributed by atoms with Crippen LogP contribution in [0.5, 0.6) is 5.75 Å². The molecule has 1 spiro atoms. The van der Waals surface area contributed by atoms with E-state index in [1.807, 2.05) is 12.1 Å². The predicted molar refractivity (Wildman–Crippen MR) is 131 cm³/mol. The van der Waals surface area contributed by atoms with Crippen molar-refractivity contribution < 1.29 is 19.2 Å². The Hall–Kier alpha value is -4.11. The van der Waals surface area contributed by atoms with Gasteiger partial charge in [-0.3, -0.25) is 29.6 Å². The van der Waals surface area contributed by atoms with Gasteiger partial charge in [0, 0.05) is 53.3 Å². The number of benzene rings is 2. The third-order valence-corrected chi connectivity index (χ3v) is 7.90. The summed E-state index contributed by atoms with van der Waals surface area (Å²) in [5.74, 6) is -1.12. The quantitative estimate of drug-likeness (QED) is 0.332. The highest BCUT2D eigenvalue weighted by molar-refractivity contribution is 6.12. The molecule has 2 saturated heterocycles. The first-order chi connectivity index (χ1) is 17.5. The van der Waals surface area contributed by atoms with Crippen LogP contribution in [0.2, 0.25) is 0 Å². The zero-order valence-electron chi connectivity index (χ0n) is 19.6. The molecule has 36 heavy (non-hydrogen) atoms. The number of fused-ring (bicyclic) bond motifs is 4. The van der Waals surface area contributed by atoms with Crippen molar-refractivity contribution in [3.63, 3.8) is 0 Å². The van der Waals surface area contributed by atoms with E-state index >= 15 is 0 Å². The van der Waals surface area contributed by atoms with Crippen LogP contribution in [-0.2, 0) is 10.3 Å². The van der Waals surface area contributed by atoms with Crippen molar-refractivity contribution in [1.82, 2.24) is 9.88 Å². The second-order valence-electron chi connectivity index (χ2n) is 9.50. The van der Waals surface area contributed by atoms with E-state index in [1.165, 1.54) is 12.3 Å². The molecule has 9 heteroatoms. The second-order valence-corrected chi connectivity index (χ2v) is 9.50. The third kappa shape index (κ3) is 3.02. The number of carbonyl (C=O) groups is 2. The first-order valence-corrected chi connectivity index (χ1v) is 11.9. The molecule has 1 aromatic heterocycles. The molecule has 0 unspecified atom stereocenters. The van der Waals surface area contributed by atoms with Crippen LogP contribution in [0.25, 0.3) is 0 Å². The molecular weight excluding hydrogens is 460 g/mol. The standard InChI is InChI=1S/C27H24N4O5/c1-36-19-9-10-21-20(14-19)27(26(33)29-21)24(25(32)17-6-3-11-28-15-17)23(22-8-4-12-30(22)27)16-5-2-7-18(13-16)31(34)35/h2-3,5-7,9-11,13-15,22-24H,4,8,12H2,1H3,(H,29,33)/t22-,23+,24-,27-/m1/s1. The molecule has 182 valence electrons. The number of rotatable bonds is 5. The molecule has 2 aromatic carbocycles. The van der Waals surface area contributed by atoms with Gasteiger partial charge in [-0.2, -0.15) is 0 Å². The lowest BCUT2D eigenvalue weighted by molar-refractivity contribution is -0.384. The van der Waals surface area contributed by atoms with Crippen LogP contribution >= 0.6 is 0 Å². The molecule has 3 aliphatic rings. The average Bonchev–Trinajstić information content (AvgIpc) is 3.57. The lowest BCUT2D eigenvalue weighted by Crippen LogP contribution is -2.52. The highest BCUT2D eigenvalue weighted by atomic mass is 16.6. The Bertz CT molecular complexity index is 1390. The maximum atomic E-state index is 14.3. The number of nitrogens with zero attached hydrogens (tertiary/aromatic N) is 3. The van der Waals surface area contributed by atoms with Gasteiger partial charge in [0.05, 0.1) is 18.0 Å². The predicted octanol–water partition coefficient (Wildman–Crippen LogP) is 3.91. The summed E-state index contributed by atoms with van der Waals surface area (Å²) in [6.07, 6.45) is 4.75. The Balaban J connectivity index is 1.63. The number of nitrogens with one attached hydrogen (secondary N) is 1. The van der Waals surface area contributed by atoms with E-state index in [1.54, 1.807) is 49.7 Å². The van der Waals surface area contributed by atoms with Gasteiger partial charge < -0.3 is 10.1 Å². The minimum Gasteiger partial charge on any atom is -0.497 e. The number of nitro groups is 1. The summed E-state index contributed by atoms with van der Waals surface area (Å²) in [6, 6.07) is 15.2. The number of Topliss-reactive ketones (excluding diaryl/α,β-unsaturated/α-hetero) is 1. The summed E-state index contributed by atoms with van der Waals surface area (Å²) in [5, 5.41) is 14.6. The fourth-order valence-corrected chi connectivity index (χ4v) is 6.57. The largest absolute Gasteiger partial charge is 0.497 e. The monoisotopic (exact) mass is 484 g/mol. The maximum Gasteiger partial charge on any atom is 0.269 e. The summed E-state index contributed by atoms with van der Waals surface area (Å²) in [7, 11) is 1.57. The first-order valence-electron chi connectivity index (χ1n) is 11.9. The van der Waals surface area contributed by atoms with E-state index in [4.69, 9.17) is 4.74 Å². The van der Waals surface area contributed by atoms with Crippen LogP contribution in [-0.4, -0.2) is 46.2 Å². The first kappa shape index (κ1) is 22.4. The minimum absolute atomic E-state index is 0.0384. The van der Waals surface area contributed by atoms with Crippen LogP contribution in [0.4, 0.5) is 11.4 Å². The van der Waals surface area contributed by atoms with Crippen molar-refractivity contribution in [2.45, 2.75) is 30.3 Å². The number of hydrogen-bond donors (Lipinski definition) is 1. The van der Waals surface area contributed by atoms with Gasteiger partial charge >= 0.3 is 0 Å². The van der Waals surface area contributed by atoms with Crippen LogP contribution < -0.4 is 10.1 Å². The number of methoxy groups -OCH3 is 1. The van der Waals surface area contributed by atoms with Crippen molar-refractivity contribution in [3.05, 3.63) is 93.8 Å². The Labute approximate surface area is 207 Å². The zero-order chi connectivity index (χ0) is 25.0. The molecule has 2 fully saturated rings. The molecule has 0 saturated carbocycles. The second kappa shape index (κ2) is 8.23. The SMILES string of the molecule is COc1ccc2c(c1)[C@]1(C(=O)N2)[C@@H](C(=O)c2cccnc2)[C@@H](c2cccc([N+](=O)[O-])c2)[C@H]2CCCN21. The summed E-state index contributed by atoms with van der Waals surface area (Å²) in [5.41, 5.74) is 1.13. The molecule has 9 nitrogen and oxygen atoms in total. The molecule has 1 N–H and O–H groups in total. The van der Waals surface area contributed by atoms with Crippen molar-refractivity contribution in [2.75, 3.05) is 19.0 Å². The molecule has 3 aliphatic heterocycles. The Morgan fingerprint density at radius 1 is 1.22 bits per heavy atom. The number of pyridine rings is 1. The summed E-state index contributed by atoms with van der Waals surface area (Å²) >= 11 is 0. The molecule has 4 heterocycles. The number of amides is 1. The lowest BCUT2D eigenvalue weighted by Gasteiger charge is -2.37. The number of aromatic nitrogens is 1. The van der Waals surface area contributed by atoms with Gasteiger partial charge in [-0.15, -0.1) is 0 Å². The summed E-state index contributed by atoms with van der Waals surface area (Å²) < 4.78 is 5.50. The Morgan fingerprint density at radius 2 is 2.08 bits per heavy atom. The topological polar surface area (TPSA) is 115 Å². The number of carbonyl (C=O) groups excluding carboxylic acids is 2. The number of anilines is 1. The van der Waals surface area contributed by atoms with E-state index in [9.17, 15) is 19.7 Å². The number of hydrogen-bond acceptors (Lipinski definition) is 7. The fraction of sp³-hybridized carbons (Fsp3) is 0.296.